The third kappa shape index (κ3) is 6.67. The maximum Gasteiger partial charge on any atom is 0.408 e. The minimum absolute atomic E-state index is 0.0159. The smallest absolute Gasteiger partial charge is 0.408 e. The first kappa shape index (κ1) is 16.1. The second kappa shape index (κ2) is 6.18. The van der Waals surface area contributed by atoms with Crippen LogP contribution in [0.4, 0.5) is 4.79 Å². The highest BCUT2D eigenvalue weighted by molar-refractivity contribution is 5.98. The molecule has 0 bridgehead atoms. The molecule has 0 saturated carbocycles. The molecule has 0 heterocycles. The number of Topliss-reactive ketones (excluding diaryl/α,β-unsaturated/α-hetero) is 1. The number of ether oxygens (including phenoxy) is 1. The molecule has 6 heteroatoms. The molecule has 6 nitrogen and oxygen atoms in total. The number of hydrogen-bond donors (Lipinski definition) is 2. The lowest BCUT2D eigenvalue weighted by Crippen LogP contribution is -2.46. The summed E-state index contributed by atoms with van der Waals surface area (Å²) in [6.45, 7) is 11.3. The van der Waals surface area contributed by atoms with Crippen LogP contribution in [-0.2, 0) is 14.3 Å². The SMILES string of the molecule is C=C(NC(=O)C(C)NC(=O)OC(C)(C)C)C(C)=O. The minimum Gasteiger partial charge on any atom is -0.444 e. The molecule has 0 radical (unpaired) electrons. The molecule has 0 aliphatic heterocycles. The summed E-state index contributed by atoms with van der Waals surface area (Å²) in [5, 5.41) is 4.65. The zero-order valence-corrected chi connectivity index (χ0v) is 11.4. The number of rotatable bonds is 4. The van der Waals surface area contributed by atoms with E-state index in [2.05, 4.69) is 17.2 Å². The number of carbonyl (C=O) groups excluding carboxylic acids is 3. The third-order valence-electron chi connectivity index (χ3n) is 1.83. The molecule has 0 spiro atoms. The van der Waals surface area contributed by atoms with Gasteiger partial charge in [-0.3, -0.25) is 9.59 Å². The summed E-state index contributed by atoms with van der Waals surface area (Å²) < 4.78 is 4.99. The van der Waals surface area contributed by atoms with Gasteiger partial charge in [-0.15, -0.1) is 0 Å². The number of amides is 2. The molecule has 18 heavy (non-hydrogen) atoms. The number of carbonyl (C=O) groups is 3. The predicted octanol–water partition coefficient (Wildman–Crippen LogP) is 1.12. The average Bonchev–Trinajstić information content (AvgIpc) is 2.13. The van der Waals surface area contributed by atoms with Crippen molar-refractivity contribution in [1.29, 1.82) is 0 Å². The Morgan fingerprint density at radius 1 is 1.22 bits per heavy atom. The summed E-state index contributed by atoms with van der Waals surface area (Å²) in [7, 11) is 0. The maximum absolute atomic E-state index is 11.6. The molecular weight excluding hydrogens is 236 g/mol. The molecule has 0 saturated heterocycles. The van der Waals surface area contributed by atoms with E-state index in [1.807, 2.05) is 0 Å². The Kier molecular flexibility index (Phi) is 5.55. The highest BCUT2D eigenvalue weighted by Crippen LogP contribution is 2.06. The van der Waals surface area contributed by atoms with Crippen LogP contribution in [0, 0.1) is 0 Å². The summed E-state index contributed by atoms with van der Waals surface area (Å²) in [6, 6.07) is -0.823. The lowest BCUT2D eigenvalue weighted by molar-refractivity contribution is -0.123. The second-order valence-electron chi connectivity index (χ2n) is 4.89. The largest absolute Gasteiger partial charge is 0.444 e. The van der Waals surface area contributed by atoms with Gasteiger partial charge in [-0.05, 0) is 27.7 Å². The fraction of sp³-hybridized carbons (Fsp3) is 0.583. The zero-order valence-electron chi connectivity index (χ0n) is 11.4. The first-order chi connectivity index (χ1) is 8.03. The van der Waals surface area contributed by atoms with Crippen molar-refractivity contribution in [2.75, 3.05) is 0 Å². The van der Waals surface area contributed by atoms with E-state index in [-0.39, 0.29) is 11.5 Å². The summed E-state index contributed by atoms with van der Waals surface area (Å²) in [6.07, 6.45) is -0.696. The highest BCUT2D eigenvalue weighted by atomic mass is 16.6. The fourth-order valence-corrected chi connectivity index (χ4v) is 0.895. The van der Waals surface area contributed by atoms with Gasteiger partial charge in [-0.25, -0.2) is 4.79 Å². The Morgan fingerprint density at radius 3 is 2.11 bits per heavy atom. The van der Waals surface area contributed by atoms with E-state index in [4.69, 9.17) is 4.74 Å². The summed E-state index contributed by atoms with van der Waals surface area (Å²) in [5.74, 6) is -0.867. The molecule has 2 N–H and O–H groups in total. The Morgan fingerprint density at radius 2 is 1.72 bits per heavy atom. The molecule has 0 rings (SSSR count). The van der Waals surface area contributed by atoms with Gasteiger partial charge in [0, 0.05) is 6.92 Å². The van der Waals surface area contributed by atoms with E-state index in [9.17, 15) is 14.4 Å². The maximum atomic E-state index is 11.6. The van der Waals surface area contributed by atoms with Crippen molar-refractivity contribution in [3.05, 3.63) is 12.3 Å². The quantitative estimate of drug-likeness (QED) is 0.738. The van der Waals surface area contributed by atoms with Crippen molar-refractivity contribution in [2.24, 2.45) is 0 Å². The summed E-state index contributed by atoms with van der Waals surface area (Å²) >= 11 is 0. The van der Waals surface area contributed by atoms with E-state index in [1.165, 1.54) is 13.8 Å². The molecule has 102 valence electrons. The van der Waals surface area contributed by atoms with Gasteiger partial charge in [-0.2, -0.15) is 0 Å². The average molecular weight is 256 g/mol. The Labute approximate surface area is 107 Å². The van der Waals surface area contributed by atoms with Crippen molar-refractivity contribution in [3.63, 3.8) is 0 Å². The molecule has 0 aromatic carbocycles. The van der Waals surface area contributed by atoms with Crippen LogP contribution in [-0.4, -0.2) is 29.4 Å². The van der Waals surface area contributed by atoms with E-state index >= 15 is 0 Å². The number of hydrogen-bond acceptors (Lipinski definition) is 4. The van der Waals surface area contributed by atoms with Crippen molar-refractivity contribution in [3.8, 4) is 0 Å². The van der Waals surface area contributed by atoms with Crippen molar-refractivity contribution in [1.82, 2.24) is 10.6 Å². The Hall–Kier alpha value is -1.85. The van der Waals surface area contributed by atoms with E-state index < -0.39 is 23.6 Å². The lowest BCUT2D eigenvalue weighted by atomic mass is 10.2. The van der Waals surface area contributed by atoms with Crippen LogP contribution in [0.3, 0.4) is 0 Å². The molecule has 0 aliphatic rings. The van der Waals surface area contributed by atoms with Gasteiger partial charge in [0.15, 0.2) is 5.78 Å². The van der Waals surface area contributed by atoms with Crippen molar-refractivity contribution >= 4 is 17.8 Å². The minimum atomic E-state index is -0.823. The van der Waals surface area contributed by atoms with Crippen LogP contribution in [0.25, 0.3) is 0 Å². The summed E-state index contributed by atoms with van der Waals surface area (Å²) in [4.78, 5) is 33.8. The van der Waals surface area contributed by atoms with E-state index in [0.717, 1.165) is 0 Å². The van der Waals surface area contributed by atoms with Gasteiger partial charge < -0.3 is 15.4 Å². The predicted molar refractivity (Wildman–Crippen MR) is 66.8 cm³/mol. The van der Waals surface area contributed by atoms with E-state index in [1.54, 1.807) is 20.8 Å². The number of ketones is 1. The van der Waals surface area contributed by atoms with Crippen molar-refractivity contribution in [2.45, 2.75) is 46.3 Å². The molecule has 0 aromatic heterocycles. The molecular formula is C12H20N2O4. The van der Waals surface area contributed by atoms with Crippen LogP contribution < -0.4 is 10.6 Å². The summed E-state index contributed by atoms with van der Waals surface area (Å²) in [5.41, 5.74) is -0.652. The van der Waals surface area contributed by atoms with Gasteiger partial charge in [0.25, 0.3) is 0 Å². The first-order valence-electron chi connectivity index (χ1n) is 5.53. The zero-order chi connectivity index (χ0) is 14.5. The fourth-order valence-electron chi connectivity index (χ4n) is 0.895. The first-order valence-corrected chi connectivity index (χ1v) is 5.53. The molecule has 0 fully saturated rings. The van der Waals surface area contributed by atoms with Gasteiger partial charge in [0.2, 0.25) is 5.91 Å². The Bertz CT molecular complexity index is 369. The topological polar surface area (TPSA) is 84.5 Å². The highest BCUT2D eigenvalue weighted by Gasteiger charge is 2.21. The number of allylic oxidation sites excluding steroid dienone is 1. The molecule has 0 aromatic rings. The molecule has 0 aliphatic carbocycles. The molecule has 1 atom stereocenters. The monoisotopic (exact) mass is 256 g/mol. The third-order valence-corrected chi connectivity index (χ3v) is 1.83. The van der Waals surface area contributed by atoms with Crippen LogP contribution in [0.15, 0.2) is 12.3 Å². The van der Waals surface area contributed by atoms with Crippen LogP contribution in [0.1, 0.15) is 34.6 Å². The van der Waals surface area contributed by atoms with Crippen LogP contribution >= 0.6 is 0 Å². The van der Waals surface area contributed by atoms with Crippen LogP contribution in [0.5, 0.6) is 0 Å². The van der Waals surface area contributed by atoms with Gasteiger partial charge in [0.1, 0.15) is 11.6 Å². The van der Waals surface area contributed by atoms with Gasteiger partial charge in [-0.1, -0.05) is 6.58 Å². The number of alkyl carbamates (subject to hydrolysis) is 1. The normalized spacial score (nSPS) is 12.3. The number of nitrogens with one attached hydrogen (secondary N) is 2. The molecule has 2 amide bonds. The van der Waals surface area contributed by atoms with Gasteiger partial charge >= 0.3 is 6.09 Å². The van der Waals surface area contributed by atoms with Crippen molar-refractivity contribution < 1.29 is 19.1 Å². The Balaban J connectivity index is 4.29. The van der Waals surface area contributed by atoms with Gasteiger partial charge in [0.05, 0.1) is 5.70 Å². The van der Waals surface area contributed by atoms with E-state index in [0.29, 0.717) is 0 Å². The molecule has 1 unspecified atom stereocenters. The lowest BCUT2D eigenvalue weighted by Gasteiger charge is -2.21. The van der Waals surface area contributed by atoms with Crippen LogP contribution in [0.2, 0.25) is 0 Å². The standard InChI is InChI=1S/C12H20N2O4/c1-7(9(3)15)13-10(16)8(2)14-11(17)18-12(4,5)6/h8H,1H2,2-6H3,(H,13,16)(H,14,17). The second-order valence-corrected chi connectivity index (χ2v) is 4.89.